The van der Waals surface area contributed by atoms with Crippen LogP contribution in [0.1, 0.15) is 17.4 Å². The molecule has 21 heavy (non-hydrogen) atoms. The minimum Gasteiger partial charge on any atom is -0.467 e. The van der Waals surface area contributed by atoms with Crippen molar-refractivity contribution in [2.75, 3.05) is 6.61 Å². The highest BCUT2D eigenvalue weighted by Crippen LogP contribution is 2.60. The first kappa shape index (κ1) is 14.2. The van der Waals surface area contributed by atoms with E-state index in [9.17, 15) is 13.9 Å². The quantitative estimate of drug-likeness (QED) is 0.887. The number of aliphatic hydroxyl groups is 1. The molecule has 1 aliphatic carbocycles. The Morgan fingerprint density at radius 1 is 1.19 bits per heavy atom. The van der Waals surface area contributed by atoms with Crippen LogP contribution < -0.4 is 0 Å². The van der Waals surface area contributed by atoms with Gasteiger partial charge in [0, 0.05) is 0 Å². The van der Waals surface area contributed by atoms with Crippen molar-refractivity contribution in [2.45, 2.75) is 18.6 Å². The van der Waals surface area contributed by atoms with Crippen LogP contribution in [-0.2, 0) is 11.3 Å². The zero-order chi connectivity index (χ0) is 14.9. The van der Waals surface area contributed by atoms with Crippen molar-refractivity contribution in [3.8, 4) is 0 Å². The highest BCUT2D eigenvalue weighted by molar-refractivity contribution is 5.16. The van der Waals surface area contributed by atoms with E-state index in [-0.39, 0.29) is 19.0 Å². The number of aliphatic hydroxyl groups excluding tert-OH is 1. The van der Waals surface area contributed by atoms with Crippen molar-refractivity contribution in [1.82, 2.24) is 0 Å². The van der Waals surface area contributed by atoms with E-state index in [1.165, 1.54) is 12.3 Å². The van der Waals surface area contributed by atoms with Gasteiger partial charge in [-0.2, -0.15) is 0 Å². The van der Waals surface area contributed by atoms with Gasteiger partial charge in [-0.25, -0.2) is 8.78 Å². The summed E-state index contributed by atoms with van der Waals surface area (Å²) in [4.78, 5) is 0. The summed E-state index contributed by atoms with van der Waals surface area (Å²) in [7, 11) is 0. The van der Waals surface area contributed by atoms with E-state index < -0.39 is 23.9 Å². The molecule has 3 rings (SSSR count). The molecule has 0 saturated heterocycles. The Bertz CT molecular complexity index is 568. The Kier molecular flexibility index (Phi) is 3.78. The SMILES string of the molecule is OC(c1ccco1)[C@@H]1[C@H](COCc2ccccc2)C1(F)F. The summed E-state index contributed by atoms with van der Waals surface area (Å²) < 4.78 is 37.8. The van der Waals surface area contributed by atoms with E-state index in [0.717, 1.165) is 5.56 Å². The average molecular weight is 294 g/mol. The molecule has 1 N–H and O–H groups in total. The summed E-state index contributed by atoms with van der Waals surface area (Å²) in [5.74, 6) is -4.85. The van der Waals surface area contributed by atoms with E-state index >= 15 is 0 Å². The first-order valence-corrected chi connectivity index (χ1v) is 6.81. The number of alkyl halides is 2. The smallest absolute Gasteiger partial charge is 0.259 e. The standard InChI is InChI=1S/C16H16F2O3/c17-16(18)12(10-20-9-11-5-2-1-3-6-11)14(16)15(19)13-7-4-8-21-13/h1-8,12,14-15,19H,9-10H2/t12-,14-,15?/m0/s1. The summed E-state index contributed by atoms with van der Waals surface area (Å²) in [5, 5.41) is 9.94. The van der Waals surface area contributed by atoms with Gasteiger partial charge in [0.05, 0.1) is 31.3 Å². The molecule has 0 spiro atoms. The molecule has 5 heteroatoms. The van der Waals surface area contributed by atoms with Crippen molar-refractivity contribution < 1.29 is 23.0 Å². The summed E-state index contributed by atoms with van der Waals surface area (Å²) >= 11 is 0. The van der Waals surface area contributed by atoms with E-state index in [4.69, 9.17) is 9.15 Å². The molecule has 1 aliphatic rings. The van der Waals surface area contributed by atoms with Gasteiger partial charge in [-0.05, 0) is 17.7 Å². The highest BCUT2D eigenvalue weighted by Gasteiger charge is 2.71. The van der Waals surface area contributed by atoms with Crippen LogP contribution in [0.15, 0.2) is 53.1 Å². The summed E-state index contributed by atoms with van der Waals surface area (Å²) in [6, 6.07) is 12.4. The van der Waals surface area contributed by atoms with Gasteiger partial charge >= 0.3 is 0 Å². The Morgan fingerprint density at radius 2 is 1.95 bits per heavy atom. The molecule has 1 aromatic heterocycles. The first-order chi connectivity index (χ1) is 10.1. The lowest BCUT2D eigenvalue weighted by atomic mass is 10.1. The Hall–Kier alpha value is -1.72. The molecular weight excluding hydrogens is 278 g/mol. The highest BCUT2D eigenvalue weighted by atomic mass is 19.3. The summed E-state index contributed by atoms with van der Waals surface area (Å²) in [6.45, 7) is 0.210. The predicted octanol–water partition coefficient (Wildman–Crippen LogP) is 3.41. The Morgan fingerprint density at radius 3 is 2.62 bits per heavy atom. The van der Waals surface area contributed by atoms with Crippen molar-refractivity contribution in [1.29, 1.82) is 0 Å². The fourth-order valence-electron chi connectivity index (χ4n) is 2.58. The lowest BCUT2D eigenvalue weighted by Crippen LogP contribution is -2.05. The van der Waals surface area contributed by atoms with Crippen LogP contribution in [0.2, 0.25) is 0 Å². The molecule has 3 atom stereocenters. The molecule has 2 aromatic rings. The lowest BCUT2D eigenvalue weighted by molar-refractivity contribution is 0.0292. The maximum atomic E-state index is 13.7. The molecule has 0 aliphatic heterocycles. The molecule has 0 amide bonds. The van der Waals surface area contributed by atoms with Gasteiger partial charge in [-0.1, -0.05) is 30.3 Å². The van der Waals surface area contributed by atoms with Crippen LogP contribution in [0.5, 0.6) is 0 Å². The van der Waals surface area contributed by atoms with Crippen LogP contribution in [0, 0.1) is 11.8 Å². The van der Waals surface area contributed by atoms with Gasteiger partial charge in [0.1, 0.15) is 11.9 Å². The van der Waals surface area contributed by atoms with E-state index in [0.29, 0.717) is 0 Å². The Labute approximate surface area is 121 Å². The second kappa shape index (κ2) is 5.58. The summed E-state index contributed by atoms with van der Waals surface area (Å²) in [5.41, 5.74) is 0.935. The zero-order valence-electron chi connectivity index (χ0n) is 11.3. The minimum absolute atomic E-state index is 0.0790. The van der Waals surface area contributed by atoms with Gasteiger partial charge in [-0.15, -0.1) is 0 Å². The largest absolute Gasteiger partial charge is 0.467 e. The van der Waals surface area contributed by atoms with Gasteiger partial charge in [0.2, 0.25) is 0 Å². The molecule has 1 saturated carbocycles. The number of furan rings is 1. The maximum Gasteiger partial charge on any atom is 0.259 e. The maximum absolute atomic E-state index is 13.7. The second-order valence-electron chi connectivity index (χ2n) is 5.27. The third-order valence-corrected chi connectivity index (χ3v) is 3.85. The third-order valence-electron chi connectivity index (χ3n) is 3.85. The van der Waals surface area contributed by atoms with Crippen LogP contribution >= 0.6 is 0 Å². The van der Waals surface area contributed by atoms with Gasteiger partial charge < -0.3 is 14.3 Å². The van der Waals surface area contributed by atoms with E-state index in [1.54, 1.807) is 6.07 Å². The van der Waals surface area contributed by atoms with Crippen molar-refractivity contribution >= 4 is 0 Å². The Balaban J connectivity index is 1.54. The van der Waals surface area contributed by atoms with Gasteiger partial charge in [0.25, 0.3) is 5.92 Å². The third kappa shape index (κ3) is 2.84. The molecular formula is C16H16F2O3. The van der Waals surface area contributed by atoms with Crippen LogP contribution in [-0.4, -0.2) is 17.6 Å². The van der Waals surface area contributed by atoms with Crippen molar-refractivity contribution in [3.05, 3.63) is 60.1 Å². The monoisotopic (exact) mass is 294 g/mol. The van der Waals surface area contributed by atoms with Crippen molar-refractivity contribution in [3.63, 3.8) is 0 Å². The zero-order valence-corrected chi connectivity index (χ0v) is 11.3. The normalized spacial score (nSPS) is 24.7. The molecule has 0 radical (unpaired) electrons. The van der Waals surface area contributed by atoms with Crippen molar-refractivity contribution in [2.24, 2.45) is 11.8 Å². The molecule has 1 heterocycles. The predicted molar refractivity (Wildman–Crippen MR) is 71.7 cm³/mol. The number of ether oxygens (including phenoxy) is 1. The molecule has 0 bridgehead atoms. The van der Waals surface area contributed by atoms with Crippen LogP contribution in [0.25, 0.3) is 0 Å². The van der Waals surface area contributed by atoms with E-state index in [1.807, 2.05) is 30.3 Å². The number of hydrogen-bond acceptors (Lipinski definition) is 3. The number of halogens is 2. The topological polar surface area (TPSA) is 42.6 Å². The minimum atomic E-state index is -2.91. The fraction of sp³-hybridized carbons (Fsp3) is 0.375. The fourth-order valence-corrected chi connectivity index (χ4v) is 2.58. The molecule has 3 nitrogen and oxygen atoms in total. The van der Waals surface area contributed by atoms with Gasteiger partial charge in [-0.3, -0.25) is 0 Å². The summed E-state index contributed by atoms with van der Waals surface area (Å²) in [6.07, 6.45) is 0.0697. The first-order valence-electron chi connectivity index (χ1n) is 6.81. The molecule has 1 aromatic carbocycles. The molecule has 1 unspecified atom stereocenters. The number of benzene rings is 1. The lowest BCUT2D eigenvalue weighted by Gasteiger charge is -2.06. The van der Waals surface area contributed by atoms with E-state index in [2.05, 4.69) is 0 Å². The number of rotatable bonds is 6. The van der Waals surface area contributed by atoms with Crippen LogP contribution in [0.4, 0.5) is 8.78 Å². The molecule has 112 valence electrons. The molecule has 1 fully saturated rings. The average Bonchev–Trinajstić information content (AvgIpc) is 2.86. The van der Waals surface area contributed by atoms with Crippen LogP contribution in [0.3, 0.4) is 0 Å². The van der Waals surface area contributed by atoms with Gasteiger partial charge in [0.15, 0.2) is 0 Å². The number of hydrogen-bond donors (Lipinski definition) is 1. The second-order valence-corrected chi connectivity index (χ2v) is 5.27.